The summed E-state index contributed by atoms with van der Waals surface area (Å²) in [6.45, 7) is 3.32. The molecule has 3 nitrogen and oxygen atoms in total. The molecule has 1 heterocycles. The van der Waals surface area contributed by atoms with Gasteiger partial charge in [0.2, 0.25) is 0 Å². The number of aryl methyl sites for hydroxylation is 1. The summed E-state index contributed by atoms with van der Waals surface area (Å²) in [7, 11) is 0. The number of aromatic nitrogens is 1. The molecule has 2 N–H and O–H groups in total. The second kappa shape index (κ2) is 5.91. The molecular formula is C13H16N2OS. The lowest BCUT2D eigenvalue weighted by molar-refractivity contribution is 0.174. The number of nitrogens with zero attached hydrogens (tertiary/aromatic N) is 1. The van der Waals surface area contributed by atoms with E-state index >= 15 is 0 Å². The fourth-order valence-electron chi connectivity index (χ4n) is 1.61. The fourth-order valence-corrected chi connectivity index (χ4v) is 2.36. The van der Waals surface area contributed by atoms with Gasteiger partial charge in [-0.15, -0.1) is 11.3 Å². The van der Waals surface area contributed by atoms with Crippen LogP contribution >= 0.6 is 11.3 Å². The molecule has 4 heteroatoms. The van der Waals surface area contributed by atoms with Crippen molar-refractivity contribution in [2.45, 2.75) is 19.6 Å². The van der Waals surface area contributed by atoms with Crippen molar-refractivity contribution < 1.29 is 5.11 Å². The Morgan fingerprint density at radius 2 is 2.12 bits per heavy atom. The quantitative estimate of drug-likeness (QED) is 0.853. The van der Waals surface area contributed by atoms with Gasteiger partial charge < -0.3 is 10.4 Å². The summed E-state index contributed by atoms with van der Waals surface area (Å²) in [5.41, 5.74) is 3.86. The van der Waals surface area contributed by atoms with E-state index in [4.69, 9.17) is 0 Å². The topological polar surface area (TPSA) is 45.2 Å². The van der Waals surface area contributed by atoms with E-state index in [0.717, 1.165) is 17.8 Å². The molecule has 1 aromatic carbocycles. The van der Waals surface area contributed by atoms with Crippen molar-refractivity contribution in [2.24, 2.45) is 0 Å². The maximum atomic E-state index is 9.94. The van der Waals surface area contributed by atoms with Crippen LogP contribution in [0.3, 0.4) is 0 Å². The summed E-state index contributed by atoms with van der Waals surface area (Å²) >= 11 is 1.64. The third-order valence-electron chi connectivity index (χ3n) is 2.65. The third-order valence-corrected chi connectivity index (χ3v) is 3.59. The molecule has 1 atom stereocenters. The van der Waals surface area contributed by atoms with Crippen molar-refractivity contribution in [3.05, 3.63) is 52.0 Å². The third kappa shape index (κ3) is 3.36. The van der Waals surface area contributed by atoms with Gasteiger partial charge in [-0.1, -0.05) is 30.3 Å². The summed E-state index contributed by atoms with van der Waals surface area (Å²) in [6.07, 6.45) is -0.454. The Morgan fingerprint density at radius 3 is 2.76 bits per heavy atom. The average molecular weight is 248 g/mol. The molecule has 1 aromatic heterocycles. The Hall–Kier alpha value is -1.23. The van der Waals surface area contributed by atoms with Crippen molar-refractivity contribution in [3.63, 3.8) is 0 Å². The second-order valence-electron chi connectivity index (χ2n) is 3.92. The Balaban J connectivity index is 1.81. The standard InChI is InChI=1S/C13H16N2OS/c1-10-13(17-9-15-10)8-14-7-12(16)11-5-3-2-4-6-11/h2-6,9,12,14,16H,7-8H2,1H3. The highest BCUT2D eigenvalue weighted by atomic mass is 32.1. The fraction of sp³-hybridized carbons (Fsp3) is 0.308. The predicted octanol–water partition coefficient (Wildman–Crippen LogP) is 2.27. The first kappa shape index (κ1) is 12.2. The van der Waals surface area contributed by atoms with Gasteiger partial charge in [0, 0.05) is 18.0 Å². The molecular weight excluding hydrogens is 232 g/mol. The molecule has 0 aliphatic heterocycles. The highest BCUT2D eigenvalue weighted by molar-refractivity contribution is 7.09. The first-order chi connectivity index (χ1) is 8.27. The zero-order valence-electron chi connectivity index (χ0n) is 9.76. The van der Waals surface area contributed by atoms with Crippen LogP contribution in [0.1, 0.15) is 22.2 Å². The van der Waals surface area contributed by atoms with E-state index in [9.17, 15) is 5.11 Å². The van der Waals surface area contributed by atoms with Gasteiger partial charge in [0.05, 0.1) is 17.3 Å². The Kier molecular flexibility index (Phi) is 4.25. The normalized spacial score (nSPS) is 12.6. The van der Waals surface area contributed by atoms with Crippen molar-refractivity contribution in [2.75, 3.05) is 6.54 Å². The van der Waals surface area contributed by atoms with Crippen molar-refractivity contribution in [1.29, 1.82) is 0 Å². The molecule has 0 radical (unpaired) electrons. The second-order valence-corrected chi connectivity index (χ2v) is 4.86. The molecule has 0 saturated carbocycles. The van der Waals surface area contributed by atoms with Crippen LogP contribution in [0.5, 0.6) is 0 Å². The number of rotatable bonds is 5. The number of thiazole rings is 1. The molecule has 0 aliphatic carbocycles. The SMILES string of the molecule is Cc1ncsc1CNCC(O)c1ccccc1. The summed E-state index contributed by atoms with van der Waals surface area (Å²) in [6, 6.07) is 9.69. The number of hydrogen-bond acceptors (Lipinski definition) is 4. The van der Waals surface area contributed by atoms with Crippen LogP contribution in [-0.4, -0.2) is 16.6 Å². The first-order valence-electron chi connectivity index (χ1n) is 5.60. The monoisotopic (exact) mass is 248 g/mol. The Labute approximate surface area is 105 Å². The molecule has 0 saturated heterocycles. The van der Waals surface area contributed by atoms with Gasteiger partial charge in [-0.2, -0.15) is 0 Å². The lowest BCUT2D eigenvalue weighted by Crippen LogP contribution is -2.20. The van der Waals surface area contributed by atoms with Crippen molar-refractivity contribution in [3.8, 4) is 0 Å². The number of hydrogen-bond donors (Lipinski definition) is 2. The number of nitrogens with one attached hydrogen (secondary N) is 1. The van der Waals surface area contributed by atoms with Gasteiger partial charge in [-0.25, -0.2) is 4.98 Å². The van der Waals surface area contributed by atoms with Crippen LogP contribution in [0.15, 0.2) is 35.8 Å². The van der Waals surface area contributed by atoms with Gasteiger partial charge in [0.25, 0.3) is 0 Å². The highest BCUT2D eigenvalue weighted by Gasteiger charge is 2.07. The predicted molar refractivity (Wildman–Crippen MR) is 70.0 cm³/mol. The van der Waals surface area contributed by atoms with Crippen LogP contribution in [0.25, 0.3) is 0 Å². The summed E-state index contributed by atoms with van der Waals surface area (Å²) in [5, 5.41) is 13.2. The van der Waals surface area contributed by atoms with Crippen molar-refractivity contribution in [1.82, 2.24) is 10.3 Å². The maximum absolute atomic E-state index is 9.94. The minimum absolute atomic E-state index is 0.454. The molecule has 0 bridgehead atoms. The minimum atomic E-state index is -0.454. The number of aliphatic hydroxyl groups excluding tert-OH is 1. The van der Waals surface area contributed by atoms with E-state index in [1.807, 2.05) is 42.8 Å². The summed E-state index contributed by atoms with van der Waals surface area (Å²) in [4.78, 5) is 5.42. The highest BCUT2D eigenvalue weighted by Crippen LogP contribution is 2.13. The van der Waals surface area contributed by atoms with Crippen LogP contribution in [-0.2, 0) is 6.54 Å². The number of aliphatic hydroxyl groups is 1. The molecule has 1 unspecified atom stereocenters. The summed E-state index contributed by atoms with van der Waals surface area (Å²) < 4.78 is 0. The van der Waals surface area contributed by atoms with Gasteiger partial charge in [0.1, 0.15) is 0 Å². The largest absolute Gasteiger partial charge is 0.387 e. The summed E-state index contributed by atoms with van der Waals surface area (Å²) in [5.74, 6) is 0. The van der Waals surface area contributed by atoms with Crippen LogP contribution < -0.4 is 5.32 Å². The van der Waals surface area contributed by atoms with Crippen LogP contribution in [0.4, 0.5) is 0 Å². The lowest BCUT2D eigenvalue weighted by atomic mass is 10.1. The molecule has 0 aliphatic rings. The molecule has 17 heavy (non-hydrogen) atoms. The smallest absolute Gasteiger partial charge is 0.0914 e. The molecule has 2 rings (SSSR count). The van der Waals surface area contributed by atoms with Crippen molar-refractivity contribution >= 4 is 11.3 Å². The van der Waals surface area contributed by atoms with E-state index < -0.39 is 6.10 Å². The molecule has 2 aromatic rings. The number of benzene rings is 1. The minimum Gasteiger partial charge on any atom is -0.387 e. The van der Waals surface area contributed by atoms with Gasteiger partial charge in [-0.3, -0.25) is 0 Å². The zero-order valence-corrected chi connectivity index (χ0v) is 10.6. The molecule has 0 fully saturated rings. The van der Waals surface area contributed by atoms with E-state index in [1.165, 1.54) is 4.88 Å². The van der Waals surface area contributed by atoms with Crippen LogP contribution in [0.2, 0.25) is 0 Å². The first-order valence-corrected chi connectivity index (χ1v) is 6.48. The zero-order chi connectivity index (χ0) is 12.1. The Morgan fingerprint density at radius 1 is 1.35 bits per heavy atom. The molecule has 0 spiro atoms. The van der Waals surface area contributed by atoms with E-state index in [2.05, 4.69) is 10.3 Å². The van der Waals surface area contributed by atoms with E-state index in [1.54, 1.807) is 11.3 Å². The van der Waals surface area contributed by atoms with Gasteiger partial charge >= 0.3 is 0 Å². The van der Waals surface area contributed by atoms with E-state index in [0.29, 0.717) is 6.54 Å². The van der Waals surface area contributed by atoms with E-state index in [-0.39, 0.29) is 0 Å². The molecule has 0 amide bonds. The molecule has 90 valence electrons. The van der Waals surface area contributed by atoms with Gasteiger partial charge in [-0.05, 0) is 12.5 Å². The average Bonchev–Trinajstić information content (AvgIpc) is 2.76. The van der Waals surface area contributed by atoms with Crippen LogP contribution in [0, 0.1) is 6.92 Å². The van der Waals surface area contributed by atoms with Gasteiger partial charge in [0.15, 0.2) is 0 Å². The Bertz CT molecular complexity index is 455. The maximum Gasteiger partial charge on any atom is 0.0914 e. The lowest BCUT2D eigenvalue weighted by Gasteiger charge is -2.11.